The van der Waals surface area contributed by atoms with E-state index in [1.54, 1.807) is 0 Å². The van der Waals surface area contributed by atoms with Crippen molar-refractivity contribution >= 4 is 5.69 Å². The van der Waals surface area contributed by atoms with Crippen molar-refractivity contribution in [1.82, 2.24) is 4.90 Å². The molecular weight excluding hydrogens is 302 g/mol. The van der Waals surface area contributed by atoms with E-state index in [4.69, 9.17) is 10.8 Å². The number of nitrogens with zero attached hydrogens (tertiary/aromatic N) is 1. The molecule has 0 amide bonds. The third kappa shape index (κ3) is 5.80. The lowest BCUT2D eigenvalue weighted by Gasteiger charge is -2.24. The minimum Gasteiger partial charge on any atom is -0.399 e. The van der Waals surface area contributed by atoms with Crippen LogP contribution in [0.15, 0.2) is 18.2 Å². The van der Waals surface area contributed by atoms with Crippen LogP contribution in [0.5, 0.6) is 0 Å². The molecule has 0 radical (unpaired) electrons. The number of alkyl halides is 6. The molecule has 3 N–H and O–H groups in total. The molecule has 0 unspecified atom stereocenters. The highest BCUT2D eigenvalue weighted by Gasteiger charge is 2.35. The number of anilines is 1. The van der Waals surface area contributed by atoms with Crippen LogP contribution in [0.3, 0.4) is 0 Å². The molecule has 120 valence electrons. The number of hydrogen-bond donors (Lipinski definition) is 2. The SMILES string of the molecule is Nc1ccc(CN(CCO)CC(F)(F)F)c(C(F)(F)F)c1. The second-order valence-corrected chi connectivity index (χ2v) is 4.46. The minimum atomic E-state index is -4.71. The zero-order chi connectivity index (χ0) is 16.3. The number of aliphatic hydroxyl groups is 1. The Labute approximate surface area is 117 Å². The molecular formula is C12H14F6N2O. The summed E-state index contributed by atoms with van der Waals surface area (Å²) in [6, 6.07) is 2.91. The van der Waals surface area contributed by atoms with E-state index in [9.17, 15) is 26.3 Å². The summed E-state index contributed by atoms with van der Waals surface area (Å²) in [7, 11) is 0. The van der Waals surface area contributed by atoms with Gasteiger partial charge in [-0.05, 0) is 17.7 Å². The Balaban J connectivity index is 3.03. The molecule has 1 rings (SSSR count). The minimum absolute atomic E-state index is 0.129. The maximum Gasteiger partial charge on any atom is 0.416 e. The van der Waals surface area contributed by atoms with Gasteiger partial charge in [0.05, 0.1) is 18.7 Å². The number of aliphatic hydroxyl groups excluding tert-OH is 1. The zero-order valence-electron chi connectivity index (χ0n) is 10.8. The predicted molar refractivity (Wildman–Crippen MR) is 64.3 cm³/mol. The first-order chi connectivity index (χ1) is 9.53. The second-order valence-electron chi connectivity index (χ2n) is 4.46. The summed E-state index contributed by atoms with van der Waals surface area (Å²) in [4.78, 5) is 0.695. The Hall–Kier alpha value is -1.48. The van der Waals surface area contributed by atoms with Crippen LogP contribution in [0.4, 0.5) is 32.0 Å². The van der Waals surface area contributed by atoms with E-state index in [2.05, 4.69) is 0 Å². The van der Waals surface area contributed by atoms with Gasteiger partial charge in [-0.3, -0.25) is 4.90 Å². The molecule has 0 aliphatic carbocycles. The van der Waals surface area contributed by atoms with Gasteiger partial charge in [0.15, 0.2) is 0 Å². The Kier molecular flexibility index (Phi) is 5.46. The van der Waals surface area contributed by atoms with Crippen LogP contribution in [-0.2, 0) is 12.7 Å². The van der Waals surface area contributed by atoms with E-state index in [0.29, 0.717) is 11.0 Å². The molecule has 0 atom stereocenters. The fourth-order valence-corrected chi connectivity index (χ4v) is 1.85. The van der Waals surface area contributed by atoms with Gasteiger partial charge in [-0.15, -0.1) is 0 Å². The molecule has 0 aromatic heterocycles. The standard InChI is InChI=1S/C12H14F6N2O/c13-11(14,15)7-20(3-4-21)6-8-1-2-9(19)5-10(8)12(16,17)18/h1-2,5,21H,3-4,6-7,19H2. The molecule has 0 aliphatic heterocycles. The van der Waals surface area contributed by atoms with Crippen molar-refractivity contribution in [3.8, 4) is 0 Å². The van der Waals surface area contributed by atoms with Gasteiger partial charge in [0.2, 0.25) is 0 Å². The number of halogens is 6. The van der Waals surface area contributed by atoms with E-state index in [1.165, 1.54) is 6.07 Å². The molecule has 9 heteroatoms. The summed E-state index contributed by atoms with van der Waals surface area (Å²) in [5, 5.41) is 8.73. The molecule has 1 aromatic rings. The van der Waals surface area contributed by atoms with Crippen LogP contribution < -0.4 is 5.73 Å². The molecule has 0 spiro atoms. The lowest BCUT2D eigenvalue weighted by Crippen LogP contribution is -2.36. The van der Waals surface area contributed by atoms with E-state index in [-0.39, 0.29) is 17.8 Å². The van der Waals surface area contributed by atoms with E-state index >= 15 is 0 Å². The predicted octanol–water partition coefficient (Wildman–Crippen LogP) is 2.64. The lowest BCUT2D eigenvalue weighted by atomic mass is 10.1. The summed E-state index contributed by atoms with van der Waals surface area (Å²) >= 11 is 0. The first kappa shape index (κ1) is 17.6. The molecule has 0 aliphatic rings. The molecule has 0 saturated heterocycles. The number of nitrogen functional groups attached to an aromatic ring is 1. The first-order valence-electron chi connectivity index (χ1n) is 5.88. The van der Waals surface area contributed by atoms with Crippen LogP contribution >= 0.6 is 0 Å². The van der Waals surface area contributed by atoms with E-state index in [0.717, 1.165) is 6.07 Å². The summed E-state index contributed by atoms with van der Waals surface area (Å²) in [6.07, 6.45) is -9.28. The smallest absolute Gasteiger partial charge is 0.399 e. The molecule has 0 fully saturated rings. The monoisotopic (exact) mass is 316 g/mol. The van der Waals surface area contributed by atoms with Crippen molar-refractivity contribution in [2.24, 2.45) is 0 Å². The third-order valence-electron chi connectivity index (χ3n) is 2.65. The van der Waals surface area contributed by atoms with Gasteiger partial charge in [0.1, 0.15) is 0 Å². The third-order valence-corrected chi connectivity index (χ3v) is 2.65. The van der Waals surface area contributed by atoms with Crippen LogP contribution in [-0.4, -0.2) is 35.9 Å². The summed E-state index contributed by atoms with van der Waals surface area (Å²) < 4.78 is 75.7. The zero-order valence-corrected chi connectivity index (χ0v) is 10.8. The average molecular weight is 316 g/mol. The van der Waals surface area contributed by atoms with Crippen molar-refractivity contribution in [2.75, 3.05) is 25.4 Å². The molecule has 1 aromatic carbocycles. The Morgan fingerprint density at radius 1 is 1.10 bits per heavy atom. The first-order valence-corrected chi connectivity index (χ1v) is 5.88. The average Bonchev–Trinajstić information content (AvgIpc) is 2.28. The van der Waals surface area contributed by atoms with Gasteiger partial charge >= 0.3 is 12.4 Å². The summed E-state index contributed by atoms with van der Waals surface area (Å²) in [5.74, 6) is 0. The van der Waals surface area contributed by atoms with Crippen molar-refractivity contribution < 1.29 is 31.4 Å². The van der Waals surface area contributed by atoms with Crippen LogP contribution in [0.25, 0.3) is 0 Å². The van der Waals surface area contributed by atoms with Gasteiger partial charge in [-0.25, -0.2) is 0 Å². The lowest BCUT2D eigenvalue weighted by molar-refractivity contribution is -0.149. The van der Waals surface area contributed by atoms with E-state index < -0.39 is 37.6 Å². The van der Waals surface area contributed by atoms with E-state index in [1.807, 2.05) is 0 Å². The van der Waals surface area contributed by atoms with Gasteiger partial charge in [-0.2, -0.15) is 26.3 Å². The van der Waals surface area contributed by atoms with Crippen LogP contribution in [0, 0.1) is 0 Å². The van der Waals surface area contributed by atoms with Crippen molar-refractivity contribution in [3.05, 3.63) is 29.3 Å². The fraction of sp³-hybridized carbons (Fsp3) is 0.500. The normalized spacial score (nSPS) is 13.0. The Bertz CT molecular complexity index is 472. The van der Waals surface area contributed by atoms with Gasteiger partial charge < -0.3 is 10.8 Å². The number of nitrogens with two attached hydrogens (primary N) is 1. The molecule has 21 heavy (non-hydrogen) atoms. The maximum absolute atomic E-state index is 12.9. The van der Waals surface area contributed by atoms with Crippen molar-refractivity contribution in [1.29, 1.82) is 0 Å². The second kappa shape index (κ2) is 6.52. The Morgan fingerprint density at radius 3 is 2.19 bits per heavy atom. The van der Waals surface area contributed by atoms with Crippen LogP contribution in [0.2, 0.25) is 0 Å². The fourth-order valence-electron chi connectivity index (χ4n) is 1.85. The number of hydrogen-bond acceptors (Lipinski definition) is 3. The van der Waals surface area contributed by atoms with Crippen molar-refractivity contribution in [2.45, 2.75) is 18.9 Å². The molecule has 0 saturated carbocycles. The topological polar surface area (TPSA) is 49.5 Å². The van der Waals surface area contributed by atoms with Gasteiger partial charge in [-0.1, -0.05) is 6.07 Å². The quantitative estimate of drug-likeness (QED) is 0.648. The molecule has 0 bridgehead atoms. The summed E-state index contributed by atoms with van der Waals surface area (Å²) in [5.41, 5.74) is 3.75. The highest BCUT2D eigenvalue weighted by molar-refractivity contribution is 5.46. The van der Waals surface area contributed by atoms with Crippen LogP contribution in [0.1, 0.15) is 11.1 Å². The molecule has 0 heterocycles. The van der Waals surface area contributed by atoms with Crippen molar-refractivity contribution in [3.63, 3.8) is 0 Å². The van der Waals surface area contributed by atoms with Gasteiger partial charge in [0.25, 0.3) is 0 Å². The number of rotatable bonds is 5. The highest BCUT2D eigenvalue weighted by Crippen LogP contribution is 2.34. The highest BCUT2D eigenvalue weighted by atomic mass is 19.4. The Morgan fingerprint density at radius 2 is 1.71 bits per heavy atom. The number of benzene rings is 1. The summed E-state index contributed by atoms with van der Waals surface area (Å²) in [6.45, 7) is -2.97. The molecule has 3 nitrogen and oxygen atoms in total. The van der Waals surface area contributed by atoms with Gasteiger partial charge in [0, 0.05) is 18.8 Å². The largest absolute Gasteiger partial charge is 0.416 e. The maximum atomic E-state index is 12.9.